The number of carboxylic acids is 1. The molecule has 0 spiro atoms. The van der Waals surface area contributed by atoms with Crippen LogP contribution < -0.4 is 16.4 Å². The van der Waals surface area contributed by atoms with Gasteiger partial charge in [-0.05, 0) is 19.4 Å². The summed E-state index contributed by atoms with van der Waals surface area (Å²) in [6.07, 6.45) is 3.27. The molecular weight excluding hydrogens is 238 g/mol. The van der Waals surface area contributed by atoms with Crippen molar-refractivity contribution in [1.82, 2.24) is 10.6 Å². The zero-order valence-electron chi connectivity index (χ0n) is 10.1. The van der Waals surface area contributed by atoms with E-state index < -0.39 is 24.3 Å². The fraction of sp³-hybridized carbons (Fsp3) is 0.727. The zero-order chi connectivity index (χ0) is 13.5. The van der Waals surface area contributed by atoms with Gasteiger partial charge in [0.05, 0.1) is 12.5 Å². The van der Waals surface area contributed by atoms with E-state index in [1.165, 1.54) is 0 Å². The third-order valence-electron chi connectivity index (χ3n) is 2.90. The van der Waals surface area contributed by atoms with Gasteiger partial charge in [-0.2, -0.15) is 0 Å². The zero-order valence-corrected chi connectivity index (χ0v) is 10.1. The Kier molecular flexibility index (Phi) is 5.57. The Balaban J connectivity index is 2.53. The third kappa shape index (κ3) is 4.70. The highest BCUT2D eigenvalue weighted by Gasteiger charge is 2.26. The van der Waals surface area contributed by atoms with E-state index in [0.29, 0.717) is 6.42 Å². The van der Waals surface area contributed by atoms with Crippen LogP contribution in [0.1, 0.15) is 32.1 Å². The molecule has 7 heteroatoms. The van der Waals surface area contributed by atoms with E-state index in [4.69, 9.17) is 10.8 Å². The van der Waals surface area contributed by atoms with Crippen molar-refractivity contribution in [2.24, 2.45) is 5.73 Å². The Hall–Kier alpha value is -1.63. The highest BCUT2D eigenvalue weighted by Crippen LogP contribution is 2.08. The average Bonchev–Trinajstić information content (AvgIpc) is 2.55. The number of nitrogens with two attached hydrogens (primary N) is 1. The van der Waals surface area contributed by atoms with Crippen molar-refractivity contribution in [3.63, 3.8) is 0 Å². The largest absolute Gasteiger partial charge is 0.480 e. The normalized spacial score (nSPS) is 21.7. The summed E-state index contributed by atoms with van der Waals surface area (Å²) in [4.78, 5) is 33.5. The van der Waals surface area contributed by atoms with E-state index >= 15 is 0 Å². The van der Waals surface area contributed by atoms with Gasteiger partial charge in [0.2, 0.25) is 11.8 Å². The number of carbonyl (C=O) groups excluding carboxylic acids is 2. The Morgan fingerprint density at radius 1 is 1.33 bits per heavy atom. The molecule has 0 bridgehead atoms. The van der Waals surface area contributed by atoms with Crippen LogP contribution in [0.25, 0.3) is 0 Å². The minimum absolute atomic E-state index is 0.384. The Bertz CT molecular complexity index is 324. The lowest BCUT2D eigenvalue weighted by atomic mass is 10.1. The van der Waals surface area contributed by atoms with Gasteiger partial charge in [-0.15, -0.1) is 0 Å². The number of amides is 2. The number of rotatable bonds is 5. The number of aliphatic carboxylic acids is 1. The van der Waals surface area contributed by atoms with Crippen molar-refractivity contribution in [1.29, 1.82) is 0 Å². The molecule has 7 nitrogen and oxygen atoms in total. The summed E-state index contributed by atoms with van der Waals surface area (Å²) in [6, 6.07) is -1.64. The molecule has 2 amide bonds. The summed E-state index contributed by atoms with van der Waals surface area (Å²) < 4.78 is 0. The SMILES string of the molecule is NC(=O)CC(NC(=O)C1CCCCCN1)C(=O)O. The fourth-order valence-corrected chi connectivity index (χ4v) is 1.93. The fourth-order valence-electron chi connectivity index (χ4n) is 1.93. The monoisotopic (exact) mass is 257 g/mol. The lowest BCUT2D eigenvalue weighted by molar-refractivity contribution is -0.143. The molecule has 0 radical (unpaired) electrons. The molecule has 0 aliphatic carbocycles. The highest BCUT2D eigenvalue weighted by molar-refractivity contribution is 5.90. The van der Waals surface area contributed by atoms with Gasteiger partial charge in [-0.3, -0.25) is 9.59 Å². The molecule has 1 fully saturated rings. The molecule has 5 N–H and O–H groups in total. The van der Waals surface area contributed by atoms with E-state index in [9.17, 15) is 14.4 Å². The Morgan fingerprint density at radius 3 is 2.67 bits per heavy atom. The summed E-state index contributed by atoms with van der Waals surface area (Å²) in [5.41, 5.74) is 4.94. The van der Waals surface area contributed by atoms with Crippen molar-refractivity contribution < 1.29 is 19.5 Å². The maximum absolute atomic E-state index is 11.9. The van der Waals surface area contributed by atoms with Crippen LogP contribution in [0.2, 0.25) is 0 Å². The van der Waals surface area contributed by atoms with Crippen LogP contribution in [0.3, 0.4) is 0 Å². The van der Waals surface area contributed by atoms with Crippen molar-refractivity contribution >= 4 is 17.8 Å². The van der Waals surface area contributed by atoms with E-state index in [1.807, 2.05) is 0 Å². The van der Waals surface area contributed by atoms with Gasteiger partial charge in [0.25, 0.3) is 0 Å². The van der Waals surface area contributed by atoms with Crippen LogP contribution >= 0.6 is 0 Å². The number of carboxylic acid groups (broad SMARTS) is 1. The molecule has 1 rings (SSSR count). The van der Waals surface area contributed by atoms with Crippen molar-refractivity contribution in [3.8, 4) is 0 Å². The average molecular weight is 257 g/mol. The second-order valence-electron chi connectivity index (χ2n) is 4.43. The van der Waals surface area contributed by atoms with Gasteiger partial charge in [-0.1, -0.05) is 12.8 Å². The molecular formula is C11H19N3O4. The third-order valence-corrected chi connectivity index (χ3v) is 2.90. The lowest BCUT2D eigenvalue weighted by Gasteiger charge is -2.19. The van der Waals surface area contributed by atoms with E-state index in [0.717, 1.165) is 25.8 Å². The molecule has 1 aliphatic rings. The predicted molar refractivity (Wildman–Crippen MR) is 63.6 cm³/mol. The summed E-state index contributed by atoms with van der Waals surface area (Å²) in [5, 5.41) is 14.3. The number of hydrogen-bond donors (Lipinski definition) is 4. The molecule has 1 saturated heterocycles. The van der Waals surface area contributed by atoms with Crippen molar-refractivity contribution in [2.45, 2.75) is 44.2 Å². The summed E-state index contributed by atoms with van der Waals surface area (Å²) in [7, 11) is 0. The Morgan fingerprint density at radius 2 is 2.06 bits per heavy atom. The molecule has 2 unspecified atom stereocenters. The highest BCUT2D eigenvalue weighted by atomic mass is 16.4. The topological polar surface area (TPSA) is 122 Å². The first-order valence-electron chi connectivity index (χ1n) is 6.05. The van der Waals surface area contributed by atoms with Gasteiger partial charge < -0.3 is 21.5 Å². The standard InChI is InChI=1S/C11H19N3O4/c12-9(15)6-8(11(17)18)14-10(16)7-4-2-1-3-5-13-7/h7-8,13H,1-6H2,(H2,12,15)(H,14,16)(H,17,18). The summed E-state index contributed by atoms with van der Waals surface area (Å²) in [6.45, 7) is 0.742. The van der Waals surface area contributed by atoms with Gasteiger partial charge in [0.15, 0.2) is 0 Å². The first-order chi connectivity index (χ1) is 8.50. The number of hydrogen-bond acceptors (Lipinski definition) is 4. The molecule has 0 aromatic rings. The van der Waals surface area contributed by atoms with Gasteiger partial charge >= 0.3 is 5.97 Å². The molecule has 2 atom stereocenters. The van der Waals surface area contributed by atoms with Crippen LogP contribution in [0.4, 0.5) is 0 Å². The summed E-state index contributed by atoms with van der Waals surface area (Å²) in [5.74, 6) is -2.39. The number of nitrogens with one attached hydrogen (secondary N) is 2. The van der Waals surface area contributed by atoms with Gasteiger partial charge in [-0.25, -0.2) is 4.79 Å². The maximum Gasteiger partial charge on any atom is 0.326 e. The quantitative estimate of drug-likeness (QED) is 0.501. The number of carbonyl (C=O) groups is 3. The molecule has 0 aromatic heterocycles. The number of primary amides is 1. The molecule has 1 aliphatic heterocycles. The molecule has 0 saturated carbocycles. The lowest BCUT2D eigenvalue weighted by Crippen LogP contribution is -2.51. The van der Waals surface area contributed by atoms with Crippen LogP contribution in [-0.2, 0) is 14.4 Å². The minimum atomic E-state index is -1.25. The van der Waals surface area contributed by atoms with Crippen molar-refractivity contribution in [3.05, 3.63) is 0 Å². The van der Waals surface area contributed by atoms with E-state index in [-0.39, 0.29) is 11.9 Å². The minimum Gasteiger partial charge on any atom is -0.480 e. The second-order valence-corrected chi connectivity index (χ2v) is 4.43. The van der Waals surface area contributed by atoms with Crippen LogP contribution in [0.5, 0.6) is 0 Å². The molecule has 102 valence electrons. The smallest absolute Gasteiger partial charge is 0.326 e. The Labute approximate surface area is 105 Å². The van der Waals surface area contributed by atoms with E-state index in [2.05, 4.69) is 10.6 Å². The molecule has 0 aromatic carbocycles. The van der Waals surface area contributed by atoms with Gasteiger partial charge in [0.1, 0.15) is 6.04 Å². The molecule has 1 heterocycles. The second kappa shape index (κ2) is 6.95. The maximum atomic E-state index is 11.9. The predicted octanol–water partition coefficient (Wildman–Crippen LogP) is -1.04. The first kappa shape index (κ1) is 14.4. The van der Waals surface area contributed by atoms with Crippen molar-refractivity contribution in [2.75, 3.05) is 6.54 Å². The summed E-state index contributed by atoms with van der Waals surface area (Å²) >= 11 is 0. The molecule has 18 heavy (non-hydrogen) atoms. The van der Waals surface area contributed by atoms with Gasteiger partial charge in [0, 0.05) is 0 Å². The first-order valence-corrected chi connectivity index (χ1v) is 6.05. The van der Waals surface area contributed by atoms with Crippen LogP contribution in [0.15, 0.2) is 0 Å². The van der Waals surface area contributed by atoms with Crippen LogP contribution in [0, 0.1) is 0 Å². The van der Waals surface area contributed by atoms with Crippen LogP contribution in [-0.4, -0.2) is 41.5 Å². The van der Waals surface area contributed by atoms with E-state index in [1.54, 1.807) is 0 Å².